The van der Waals surface area contributed by atoms with Gasteiger partial charge in [-0.15, -0.1) is 0 Å². The van der Waals surface area contributed by atoms with Crippen LogP contribution in [0.2, 0.25) is 0 Å². The van der Waals surface area contributed by atoms with Gasteiger partial charge in [-0.1, -0.05) is 0 Å². The fourth-order valence-corrected chi connectivity index (χ4v) is 1.57. The molecule has 1 aromatic heterocycles. The number of aromatic nitrogens is 1. The molecule has 1 atom stereocenters. The summed E-state index contributed by atoms with van der Waals surface area (Å²) in [6.07, 6.45) is -0.636. The molecule has 4 N–H and O–H groups in total. The molecule has 0 amide bonds. The summed E-state index contributed by atoms with van der Waals surface area (Å²) >= 11 is 0. The van der Waals surface area contributed by atoms with Crippen molar-refractivity contribution in [2.75, 3.05) is 13.7 Å². The Bertz CT molecular complexity index is 465. The van der Waals surface area contributed by atoms with Crippen LogP contribution in [0.1, 0.15) is 11.8 Å². The van der Waals surface area contributed by atoms with Crippen LogP contribution >= 0.6 is 0 Å². The Morgan fingerprint density at radius 2 is 2.27 bits per heavy atom. The van der Waals surface area contributed by atoms with Crippen LogP contribution < -0.4 is 10.5 Å². The molecule has 4 heteroatoms. The van der Waals surface area contributed by atoms with E-state index in [1.807, 2.05) is 24.3 Å². The van der Waals surface area contributed by atoms with Crippen molar-refractivity contribution >= 4 is 10.9 Å². The second-order valence-corrected chi connectivity index (χ2v) is 3.43. The van der Waals surface area contributed by atoms with Crippen LogP contribution in [-0.4, -0.2) is 23.7 Å². The topological polar surface area (TPSA) is 71.3 Å². The molecule has 0 saturated heterocycles. The Hall–Kier alpha value is -1.52. The molecule has 1 aromatic carbocycles. The normalized spacial score (nSPS) is 13.0. The number of rotatable bonds is 3. The first-order chi connectivity index (χ1) is 7.24. The summed E-state index contributed by atoms with van der Waals surface area (Å²) in [6, 6.07) is 7.59. The van der Waals surface area contributed by atoms with Crippen LogP contribution in [0, 0.1) is 0 Å². The predicted octanol–water partition coefficient (Wildman–Crippen LogP) is 1.17. The quantitative estimate of drug-likeness (QED) is 0.706. The Balaban J connectivity index is 2.46. The number of nitrogens with one attached hydrogen (secondary N) is 1. The van der Waals surface area contributed by atoms with Crippen molar-refractivity contribution in [1.29, 1.82) is 0 Å². The van der Waals surface area contributed by atoms with Crippen molar-refractivity contribution < 1.29 is 9.84 Å². The van der Waals surface area contributed by atoms with Gasteiger partial charge in [0.15, 0.2) is 0 Å². The summed E-state index contributed by atoms with van der Waals surface area (Å²) in [5.41, 5.74) is 7.09. The van der Waals surface area contributed by atoms with Gasteiger partial charge >= 0.3 is 0 Å². The first-order valence-corrected chi connectivity index (χ1v) is 4.79. The van der Waals surface area contributed by atoms with Crippen molar-refractivity contribution in [3.8, 4) is 5.75 Å². The van der Waals surface area contributed by atoms with Crippen molar-refractivity contribution in [2.24, 2.45) is 5.73 Å². The van der Waals surface area contributed by atoms with Crippen LogP contribution in [0.25, 0.3) is 10.9 Å². The lowest BCUT2D eigenvalue weighted by atomic mass is 10.2. The van der Waals surface area contributed by atoms with Crippen LogP contribution in [0.3, 0.4) is 0 Å². The Morgan fingerprint density at radius 3 is 2.93 bits per heavy atom. The summed E-state index contributed by atoms with van der Waals surface area (Å²) in [6.45, 7) is 0.212. The SMILES string of the molecule is COc1ccc2[nH]c(C(O)CN)cc2c1. The number of aliphatic hydroxyl groups is 1. The third-order valence-electron chi connectivity index (χ3n) is 2.43. The molecule has 0 saturated carbocycles. The summed E-state index contributed by atoms with van der Waals surface area (Å²) in [7, 11) is 1.63. The minimum Gasteiger partial charge on any atom is -0.497 e. The molecule has 1 unspecified atom stereocenters. The van der Waals surface area contributed by atoms with E-state index in [9.17, 15) is 5.11 Å². The second-order valence-electron chi connectivity index (χ2n) is 3.43. The number of hydrogen-bond acceptors (Lipinski definition) is 3. The molecule has 0 aliphatic rings. The molecule has 0 aliphatic carbocycles. The van der Waals surface area contributed by atoms with Crippen LogP contribution in [-0.2, 0) is 0 Å². The number of hydrogen-bond donors (Lipinski definition) is 3. The highest BCUT2D eigenvalue weighted by molar-refractivity contribution is 5.82. The number of fused-ring (bicyclic) bond motifs is 1. The number of H-pyrrole nitrogens is 1. The molecule has 80 valence electrons. The third kappa shape index (κ3) is 1.82. The molecule has 0 bridgehead atoms. The van der Waals surface area contributed by atoms with Crippen molar-refractivity contribution in [3.63, 3.8) is 0 Å². The van der Waals surface area contributed by atoms with E-state index < -0.39 is 6.10 Å². The molecule has 2 rings (SSSR count). The van der Waals surface area contributed by atoms with E-state index in [0.717, 1.165) is 22.3 Å². The lowest BCUT2D eigenvalue weighted by Crippen LogP contribution is -2.11. The van der Waals surface area contributed by atoms with Gasteiger partial charge in [0.05, 0.1) is 7.11 Å². The fraction of sp³-hybridized carbons (Fsp3) is 0.273. The molecule has 4 nitrogen and oxygen atoms in total. The number of nitrogens with two attached hydrogens (primary N) is 1. The first kappa shape index (κ1) is 10.0. The van der Waals surface area contributed by atoms with E-state index in [0.29, 0.717) is 0 Å². The highest BCUT2D eigenvalue weighted by Gasteiger charge is 2.08. The average molecular weight is 206 g/mol. The van der Waals surface area contributed by atoms with Gasteiger partial charge in [-0.2, -0.15) is 0 Å². The van der Waals surface area contributed by atoms with E-state index in [1.54, 1.807) is 7.11 Å². The molecule has 0 aliphatic heterocycles. The number of benzene rings is 1. The maximum atomic E-state index is 9.57. The highest BCUT2D eigenvalue weighted by atomic mass is 16.5. The van der Waals surface area contributed by atoms with Gasteiger partial charge in [0, 0.05) is 23.1 Å². The summed E-state index contributed by atoms with van der Waals surface area (Å²) in [5, 5.41) is 10.6. The fourth-order valence-electron chi connectivity index (χ4n) is 1.57. The van der Waals surface area contributed by atoms with Crippen molar-refractivity contribution in [1.82, 2.24) is 4.98 Å². The molecular formula is C11H14N2O2. The molecule has 1 heterocycles. The van der Waals surface area contributed by atoms with Crippen LogP contribution in [0.4, 0.5) is 0 Å². The van der Waals surface area contributed by atoms with Gasteiger partial charge in [-0.3, -0.25) is 0 Å². The molecule has 0 spiro atoms. The predicted molar refractivity (Wildman–Crippen MR) is 58.9 cm³/mol. The molecule has 0 radical (unpaired) electrons. The largest absolute Gasteiger partial charge is 0.497 e. The summed E-state index contributed by atoms with van der Waals surface area (Å²) < 4.78 is 5.12. The van der Waals surface area contributed by atoms with Gasteiger partial charge in [0.2, 0.25) is 0 Å². The van der Waals surface area contributed by atoms with Crippen molar-refractivity contribution in [3.05, 3.63) is 30.0 Å². The highest BCUT2D eigenvalue weighted by Crippen LogP contribution is 2.23. The molecule has 0 fully saturated rings. The molecule has 2 aromatic rings. The average Bonchev–Trinajstić information content (AvgIpc) is 2.70. The maximum Gasteiger partial charge on any atom is 0.119 e. The third-order valence-corrected chi connectivity index (χ3v) is 2.43. The molecular weight excluding hydrogens is 192 g/mol. The Morgan fingerprint density at radius 1 is 1.47 bits per heavy atom. The summed E-state index contributed by atoms with van der Waals surface area (Å²) in [4.78, 5) is 3.11. The van der Waals surface area contributed by atoms with E-state index in [1.165, 1.54) is 0 Å². The Kier molecular flexibility index (Phi) is 2.62. The van der Waals surface area contributed by atoms with Gasteiger partial charge in [-0.25, -0.2) is 0 Å². The number of aliphatic hydroxyl groups excluding tert-OH is 1. The van der Waals surface area contributed by atoms with E-state index >= 15 is 0 Å². The molecule has 15 heavy (non-hydrogen) atoms. The zero-order valence-corrected chi connectivity index (χ0v) is 8.53. The van der Waals surface area contributed by atoms with E-state index in [4.69, 9.17) is 10.5 Å². The number of aromatic amines is 1. The minimum absolute atomic E-state index is 0.212. The number of methoxy groups -OCH3 is 1. The summed E-state index contributed by atoms with van der Waals surface area (Å²) in [5.74, 6) is 0.801. The first-order valence-electron chi connectivity index (χ1n) is 4.79. The smallest absolute Gasteiger partial charge is 0.119 e. The van der Waals surface area contributed by atoms with Crippen molar-refractivity contribution in [2.45, 2.75) is 6.10 Å². The lowest BCUT2D eigenvalue weighted by Gasteiger charge is -2.02. The van der Waals surface area contributed by atoms with Gasteiger partial charge in [0.1, 0.15) is 11.9 Å². The van der Waals surface area contributed by atoms with Gasteiger partial charge in [-0.05, 0) is 24.3 Å². The lowest BCUT2D eigenvalue weighted by molar-refractivity contribution is 0.183. The van der Waals surface area contributed by atoms with Crippen LogP contribution in [0.5, 0.6) is 5.75 Å². The van der Waals surface area contributed by atoms with E-state index in [2.05, 4.69) is 4.98 Å². The Labute approximate surface area is 87.7 Å². The zero-order chi connectivity index (χ0) is 10.8. The second kappa shape index (κ2) is 3.92. The van der Waals surface area contributed by atoms with Crippen LogP contribution in [0.15, 0.2) is 24.3 Å². The zero-order valence-electron chi connectivity index (χ0n) is 8.53. The maximum absolute atomic E-state index is 9.57. The standard InChI is InChI=1S/C11H14N2O2/c1-15-8-2-3-9-7(4-8)5-10(13-9)11(14)6-12/h2-5,11,13-14H,6,12H2,1H3. The van der Waals surface area contributed by atoms with Gasteiger partial charge < -0.3 is 20.6 Å². The number of ether oxygens (including phenoxy) is 1. The van der Waals surface area contributed by atoms with E-state index in [-0.39, 0.29) is 6.54 Å². The minimum atomic E-state index is -0.636. The monoisotopic (exact) mass is 206 g/mol. The van der Waals surface area contributed by atoms with Gasteiger partial charge in [0.25, 0.3) is 0 Å².